The van der Waals surface area contributed by atoms with Crippen LogP contribution in [-0.2, 0) is 4.74 Å². The number of carbonyl (C=O) groups is 1. The molecule has 1 atom stereocenters. The Kier molecular flexibility index (Phi) is 4.22. The van der Waals surface area contributed by atoms with Crippen molar-refractivity contribution < 1.29 is 14.6 Å². The van der Waals surface area contributed by atoms with Crippen LogP contribution in [0.5, 0.6) is 5.75 Å². The van der Waals surface area contributed by atoms with Gasteiger partial charge in [0.2, 0.25) is 0 Å². The molecule has 23 heavy (non-hydrogen) atoms. The Morgan fingerprint density at radius 3 is 2.52 bits per heavy atom. The van der Waals surface area contributed by atoms with Crippen LogP contribution in [0.25, 0.3) is 10.8 Å². The van der Waals surface area contributed by atoms with Crippen LogP contribution >= 0.6 is 11.6 Å². The molecule has 0 unspecified atom stereocenters. The number of hydrogen-bond acceptors (Lipinski definition) is 3. The van der Waals surface area contributed by atoms with Crippen molar-refractivity contribution >= 4 is 28.3 Å². The number of rotatable bonds is 3. The lowest BCUT2D eigenvalue weighted by Gasteiger charge is -2.16. The van der Waals surface area contributed by atoms with E-state index in [1.165, 1.54) is 0 Å². The summed E-state index contributed by atoms with van der Waals surface area (Å²) in [5, 5.41) is 12.3. The number of aromatic hydroxyl groups is 1. The quantitative estimate of drug-likeness (QED) is 0.680. The van der Waals surface area contributed by atoms with Crippen molar-refractivity contribution in [1.82, 2.24) is 0 Å². The summed E-state index contributed by atoms with van der Waals surface area (Å²) in [4.78, 5) is 12.4. The number of phenols is 1. The van der Waals surface area contributed by atoms with Gasteiger partial charge in [-0.1, -0.05) is 60.1 Å². The van der Waals surface area contributed by atoms with Crippen LogP contribution in [0.15, 0.2) is 60.7 Å². The third-order valence-corrected chi connectivity index (χ3v) is 4.09. The van der Waals surface area contributed by atoms with E-state index >= 15 is 0 Å². The highest BCUT2D eigenvalue weighted by atomic mass is 35.5. The van der Waals surface area contributed by atoms with Crippen molar-refractivity contribution in [2.75, 3.05) is 0 Å². The van der Waals surface area contributed by atoms with Crippen LogP contribution in [-0.4, -0.2) is 11.1 Å². The molecule has 0 amide bonds. The molecule has 3 nitrogen and oxygen atoms in total. The van der Waals surface area contributed by atoms with Crippen LogP contribution in [0.1, 0.15) is 28.9 Å². The first kappa shape index (κ1) is 15.4. The SMILES string of the molecule is C[C@@H](OC(=O)c1ccc2ccccc2c1O)c1ccccc1Cl. The predicted octanol–water partition coefficient (Wildman–Crippen LogP) is 5.12. The molecule has 3 aromatic rings. The summed E-state index contributed by atoms with van der Waals surface area (Å²) in [6.45, 7) is 1.75. The second-order valence-electron chi connectivity index (χ2n) is 5.25. The molecule has 4 heteroatoms. The Morgan fingerprint density at radius 2 is 1.74 bits per heavy atom. The van der Waals surface area contributed by atoms with E-state index in [4.69, 9.17) is 16.3 Å². The van der Waals surface area contributed by atoms with Crippen molar-refractivity contribution in [3.8, 4) is 5.75 Å². The minimum Gasteiger partial charge on any atom is -0.506 e. The molecule has 0 aliphatic carbocycles. The van der Waals surface area contributed by atoms with Gasteiger partial charge >= 0.3 is 5.97 Å². The zero-order chi connectivity index (χ0) is 16.4. The molecule has 3 aromatic carbocycles. The first-order chi connectivity index (χ1) is 11.1. The molecular formula is C19H15ClO3. The summed E-state index contributed by atoms with van der Waals surface area (Å²) in [6, 6.07) is 17.9. The molecule has 0 radical (unpaired) electrons. The molecule has 0 bridgehead atoms. The number of ether oxygens (including phenoxy) is 1. The fourth-order valence-corrected chi connectivity index (χ4v) is 2.80. The molecule has 3 rings (SSSR count). The molecule has 116 valence electrons. The Morgan fingerprint density at radius 1 is 1.04 bits per heavy atom. The lowest BCUT2D eigenvalue weighted by atomic mass is 10.1. The monoisotopic (exact) mass is 326 g/mol. The largest absolute Gasteiger partial charge is 0.506 e. The first-order valence-corrected chi connectivity index (χ1v) is 7.62. The van der Waals surface area contributed by atoms with Crippen LogP contribution in [0.3, 0.4) is 0 Å². The maximum atomic E-state index is 12.4. The van der Waals surface area contributed by atoms with Gasteiger partial charge in [0.05, 0.1) is 0 Å². The average Bonchev–Trinajstić information content (AvgIpc) is 2.55. The molecule has 0 aromatic heterocycles. The normalized spacial score (nSPS) is 12.1. The Bertz CT molecular complexity index is 873. The number of benzene rings is 3. The molecule has 0 saturated heterocycles. The molecule has 0 saturated carbocycles. The number of fused-ring (bicyclic) bond motifs is 1. The Hall–Kier alpha value is -2.52. The van der Waals surface area contributed by atoms with Crippen molar-refractivity contribution in [3.05, 3.63) is 76.8 Å². The molecule has 0 heterocycles. The highest BCUT2D eigenvalue weighted by Crippen LogP contribution is 2.31. The Labute approximate surface area is 139 Å². The van der Waals surface area contributed by atoms with E-state index in [1.807, 2.05) is 30.3 Å². The fourth-order valence-electron chi connectivity index (χ4n) is 2.51. The van der Waals surface area contributed by atoms with Crippen molar-refractivity contribution in [3.63, 3.8) is 0 Å². The fraction of sp³-hybridized carbons (Fsp3) is 0.105. The van der Waals surface area contributed by atoms with Gasteiger partial charge in [-0.05, 0) is 24.4 Å². The summed E-state index contributed by atoms with van der Waals surface area (Å²) in [6.07, 6.45) is -0.512. The summed E-state index contributed by atoms with van der Waals surface area (Å²) in [7, 11) is 0. The second kappa shape index (κ2) is 6.31. The van der Waals surface area contributed by atoms with Crippen molar-refractivity contribution in [2.24, 2.45) is 0 Å². The van der Waals surface area contributed by atoms with Crippen molar-refractivity contribution in [1.29, 1.82) is 0 Å². The van der Waals surface area contributed by atoms with E-state index in [9.17, 15) is 9.90 Å². The van der Waals surface area contributed by atoms with Crippen LogP contribution in [0.2, 0.25) is 5.02 Å². The van der Waals surface area contributed by atoms with Crippen LogP contribution in [0, 0.1) is 0 Å². The van der Waals surface area contributed by atoms with Gasteiger partial charge < -0.3 is 9.84 Å². The number of halogens is 1. The average molecular weight is 327 g/mol. The maximum Gasteiger partial charge on any atom is 0.342 e. The summed E-state index contributed by atoms with van der Waals surface area (Å²) in [5.41, 5.74) is 0.866. The molecular weight excluding hydrogens is 312 g/mol. The molecule has 0 spiro atoms. The second-order valence-corrected chi connectivity index (χ2v) is 5.66. The minimum absolute atomic E-state index is 0.0699. The van der Waals surface area contributed by atoms with E-state index in [-0.39, 0.29) is 11.3 Å². The first-order valence-electron chi connectivity index (χ1n) is 7.24. The zero-order valence-electron chi connectivity index (χ0n) is 12.5. The van der Waals surface area contributed by atoms with E-state index < -0.39 is 12.1 Å². The number of hydrogen-bond donors (Lipinski definition) is 1. The van der Waals surface area contributed by atoms with E-state index in [0.717, 1.165) is 10.9 Å². The van der Waals surface area contributed by atoms with E-state index in [0.29, 0.717) is 10.4 Å². The lowest BCUT2D eigenvalue weighted by Crippen LogP contribution is -2.10. The molecule has 0 aliphatic rings. The summed E-state index contributed by atoms with van der Waals surface area (Å²) in [5.74, 6) is -0.653. The molecule has 1 N–H and O–H groups in total. The third kappa shape index (κ3) is 3.01. The smallest absolute Gasteiger partial charge is 0.342 e. The van der Waals surface area contributed by atoms with Crippen LogP contribution < -0.4 is 0 Å². The van der Waals surface area contributed by atoms with Gasteiger partial charge in [-0.2, -0.15) is 0 Å². The number of carbonyl (C=O) groups excluding carboxylic acids is 1. The highest BCUT2D eigenvalue weighted by molar-refractivity contribution is 6.31. The van der Waals surface area contributed by atoms with Gasteiger partial charge in [0.25, 0.3) is 0 Å². The third-order valence-electron chi connectivity index (χ3n) is 3.75. The number of esters is 1. The molecule has 0 aliphatic heterocycles. The minimum atomic E-state index is -0.583. The topological polar surface area (TPSA) is 46.5 Å². The van der Waals surface area contributed by atoms with Gasteiger partial charge in [-0.15, -0.1) is 0 Å². The number of phenolic OH excluding ortho intramolecular Hbond substituents is 1. The van der Waals surface area contributed by atoms with Gasteiger partial charge in [0, 0.05) is 16.0 Å². The van der Waals surface area contributed by atoms with Crippen molar-refractivity contribution in [2.45, 2.75) is 13.0 Å². The Balaban J connectivity index is 1.89. The maximum absolute atomic E-state index is 12.4. The van der Waals surface area contributed by atoms with E-state index in [1.54, 1.807) is 37.3 Å². The predicted molar refractivity (Wildman–Crippen MR) is 90.9 cm³/mol. The van der Waals surface area contributed by atoms with Gasteiger partial charge in [-0.25, -0.2) is 4.79 Å². The van der Waals surface area contributed by atoms with Crippen LogP contribution in [0.4, 0.5) is 0 Å². The standard InChI is InChI=1S/C19H15ClO3/c1-12(14-7-4-5-9-17(14)20)23-19(22)16-11-10-13-6-2-3-8-15(13)18(16)21/h2-12,21H,1H3/t12-/m1/s1. The van der Waals surface area contributed by atoms with Gasteiger partial charge in [0.1, 0.15) is 17.4 Å². The summed E-state index contributed by atoms with van der Waals surface area (Å²) < 4.78 is 5.45. The van der Waals surface area contributed by atoms with Gasteiger partial charge in [-0.3, -0.25) is 0 Å². The zero-order valence-corrected chi connectivity index (χ0v) is 13.2. The summed E-state index contributed by atoms with van der Waals surface area (Å²) >= 11 is 6.12. The highest BCUT2D eigenvalue weighted by Gasteiger charge is 2.19. The van der Waals surface area contributed by atoms with E-state index in [2.05, 4.69) is 0 Å². The lowest BCUT2D eigenvalue weighted by molar-refractivity contribution is 0.0335. The van der Waals surface area contributed by atoms with Gasteiger partial charge in [0.15, 0.2) is 0 Å². The molecule has 0 fully saturated rings.